The highest BCUT2D eigenvalue weighted by molar-refractivity contribution is 6.05. The van der Waals surface area contributed by atoms with E-state index in [2.05, 4.69) is 6.92 Å². The lowest BCUT2D eigenvalue weighted by molar-refractivity contribution is -0.144. The van der Waals surface area contributed by atoms with Crippen LogP contribution in [-0.2, 0) is 4.79 Å². The van der Waals surface area contributed by atoms with Gasteiger partial charge < -0.3 is 14.7 Å². The van der Waals surface area contributed by atoms with Crippen molar-refractivity contribution in [3.8, 4) is 5.75 Å². The lowest BCUT2D eigenvalue weighted by Gasteiger charge is -2.39. The van der Waals surface area contributed by atoms with Crippen molar-refractivity contribution < 1.29 is 19.4 Å². The summed E-state index contributed by atoms with van der Waals surface area (Å²) in [6, 6.07) is 6.69. The molecule has 2 atom stereocenters. The molecule has 0 aliphatic heterocycles. The number of nitrogens with zero attached hydrogens (tertiary/aromatic N) is 1. The van der Waals surface area contributed by atoms with Gasteiger partial charge in [0.2, 0.25) is 5.91 Å². The Morgan fingerprint density at radius 1 is 1.28 bits per heavy atom. The molecule has 138 valence electrons. The third-order valence-corrected chi connectivity index (χ3v) is 5.14. The van der Waals surface area contributed by atoms with E-state index in [1.54, 1.807) is 43.3 Å². The van der Waals surface area contributed by atoms with Gasteiger partial charge in [-0.1, -0.05) is 26.2 Å². The van der Waals surface area contributed by atoms with Gasteiger partial charge in [0, 0.05) is 19.2 Å². The smallest absolute Gasteiger partial charge is 0.228 e. The van der Waals surface area contributed by atoms with Gasteiger partial charge in [0.25, 0.3) is 0 Å². The summed E-state index contributed by atoms with van der Waals surface area (Å²) in [5, 5.41) is 11.2. The van der Waals surface area contributed by atoms with E-state index in [0.717, 1.165) is 25.7 Å². The van der Waals surface area contributed by atoms with Crippen LogP contribution < -0.4 is 4.74 Å². The summed E-state index contributed by atoms with van der Waals surface area (Å²) in [5.74, 6) is -0.508. The molecule has 25 heavy (non-hydrogen) atoms. The Balaban J connectivity index is 2.23. The zero-order valence-corrected chi connectivity index (χ0v) is 15.5. The zero-order valence-electron chi connectivity index (χ0n) is 15.5. The maximum absolute atomic E-state index is 13.0. The molecule has 1 amide bonds. The molecule has 2 rings (SSSR count). The fraction of sp³-hybridized carbons (Fsp3) is 0.600. The van der Waals surface area contributed by atoms with Gasteiger partial charge in [-0.3, -0.25) is 9.59 Å². The number of ether oxygens (including phenoxy) is 1. The minimum absolute atomic E-state index is 0.127. The van der Waals surface area contributed by atoms with E-state index in [-0.39, 0.29) is 11.7 Å². The normalized spacial score (nSPS) is 23.1. The number of methoxy groups -OCH3 is 1. The summed E-state index contributed by atoms with van der Waals surface area (Å²) in [6.45, 7) is 2.72. The van der Waals surface area contributed by atoms with Crippen LogP contribution in [0.4, 0.5) is 0 Å². The second-order valence-corrected chi connectivity index (χ2v) is 6.89. The van der Waals surface area contributed by atoms with Gasteiger partial charge in [0.1, 0.15) is 11.4 Å². The molecule has 1 N–H and O–H groups in total. The van der Waals surface area contributed by atoms with Crippen LogP contribution >= 0.6 is 0 Å². The number of hydrogen-bond donors (Lipinski definition) is 1. The fourth-order valence-corrected chi connectivity index (χ4v) is 3.52. The Hall–Kier alpha value is -1.88. The van der Waals surface area contributed by atoms with Gasteiger partial charge in [-0.25, -0.2) is 0 Å². The van der Waals surface area contributed by atoms with Gasteiger partial charge in [0.15, 0.2) is 5.78 Å². The van der Waals surface area contributed by atoms with E-state index < -0.39 is 11.5 Å². The number of carbonyl (C=O) groups excluding carboxylic acids is 2. The molecule has 1 saturated carbocycles. The van der Waals surface area contributed by atoms with Crippen LogP contribution in [0, 0.1) is 5.92 Å². The maximum Gasteiger partial charge on any atom is 0.228 e. The largest absolute Gasteiger partial charge is 0.497 e. The third-order valence-electron chi connectivity index (χ3n) is 5.14. The average Bonchev–Trinajstić information content (AvgIpc) is 2.65. The minimum Gasteiger partial charge on any atom is -0.497 e. The first-order valence-electron chi connectivity index (χ1n) is 9.10. The summed E-state index contributed by atoms with van der Waals surface area (Å²) in [5.41, 5.74) is -1.20. The van der Waals surface area contributed by atoms with E-state index in [9.17, 15) is 14.7 Å². The number of aliphatic hydroxyl groups is 1. The van der Waals surface area contributed by atoms with Crippen molar-refractivity contribution in [3.05, 3.63) is 29.8 Å². The number of benzene rings is 1. The molecule has 0 heterocycles. The molecule has 0 bridgehead atoms. The van der Waals surface area contributed by atoms with Crippen LogP contribution in [0.15, 0.2) is 24.3 Å². The Morgan fingerprint density at radius 3 is 2.56 bits per heavy atom. The molecule has 1 aromatic rings. The van der Waals surface area contributed by atoms with Crippen LogP contribution in [0.5, 0.6) is 5.75 Å². The summed E-state index contributed by atoms with van der Waals surface area (Å²) in [4.78, 5) is 27.5. The first-order chi connectivity index (χ1) is 11.9. The molecule has 0 saturated heterocycles. The summed E-state index contributed by atoms with van der Waals surface area (Å²) in [7, 11) is 3.32. The monoisotopic (exact) mass is 347 g/mol. The third kappa shape index (κ3) is 4.21. The molecule has 1 aromatic carbocycles. The predicted molar refractivity (Wildman–Crippen MR) is 96.8 cm³/mol. The first kappa shape index (κ1) is 19.4. The minimum atomic E-state index is -1.62. The number of ketones is 1. The summed E-state index contributed by atoms with van der Waals surface area (Å²) in [6.07, 6.45) is 4.40. The van der Waals surface area contributed by atoms with Crippen LogP contribution in [0.2, 0.25) is 0 Å². The van der Waals surface area contributed by atoms with Gasteiger partial charge in [0.05, 0.1) is 13.0 Å². The molecular formula is C20H29NO4. The fourth-order valence-electron chi connectivity index (χ4n) is 3.52. The van der Waals surface area contributed by atoms with Gasteiger partial charge in [-0.2, -0.15) is 0 Å². The molecule has 1 aliphatic carbocycles. The first-order valence-corrected chi connectivity index (χ1v) is 9.10. The van der Waals surface area contributed by atoms with E-state index in [1.165, 1.54) is 0 Å². The van der Waals surface area contributed by atoms with Crippen LogP contribution in [-0.4, -0.2) is 48.0 Å². The standard InChI is InChI=1S/C20H29NO4/c1-4-5-14-21(2)19(23)17-8-6-7-13-20(17,24)18(22)15-9-11-16(25-3)12-10-15/h9-12,17,24H,4-8,13-14H2,1-3H3. The Labute approximate surface area is 150 Å². The number of carbonyl (C=O) groups is 2. The Kier molecular flexibility index (Phi) is 6.59. The molecular weight excluding hydrogens is 318 g/mol. The van der Waals surface area contributed by atoms with E-state index >= 15 is 0 Å². The lowest BCUT2D eigenvalue weighted by atomic mass is 9.71. The second-order valence-electron chi connectivity index (χ2n) is 6.89. The van der Waals surface area contributed by atoms with Crippen molar-refractivity contribution >= 4 is 11.7 Å². The molecule has 2 unspecified atom stereocenters. The van der Waals surface area contributed by atoms with Crippen molar-refractivity contribution in [2.45, 2.75) is 51.0 Å². The number of Topliss-reactive ketones (excluding diaryl/α,β-unsaturated/α-hetero) is 1. The quantitative estimate of drug-likeness (QED) is 0.770. The van der Waals surface area contributed by atoms with Gasteiger partial charge in [-0.15, -0.1) is 0 Å². The second kappa shape index (κ2) is 8.48. The lowest BCUT2D eigenvalue weighted by Crippen LogP contribution is -2.54. The molecule has 5 nitrogen and oxygen atoms in total. The molecule has 0 spiro atoms. The van der Waals surface area contributed by atoms with E-state index in [4.69, 9.17) is 4.74 Å². The van der Waals surface area contributed by atoms with Crippen molar-refractivity contribution in [2.75, 3.05) is 20.7 Å². The molecule has 1 fully saturated rings. The van der Waals surface area contributed by atoms with Gasteiger partial charge in [-0.05, 0) is 43.5 Å². The number of hydrogen-bond acceptors (Lipinski definition) is 4. The van der Waals surface area contributed by atoms with Crippen molar-refractivity contribution in [1.29, 1.82) is 0 Å². The number of amides is 1. The Morgan fingerprint density at radius 2 is 1.96 bits per heavy atom. The van der Waals surface area contributed by atoms with Crippen LogP contribution in [0.25, 0.3) is 0 Å². The number of rotatable bonds is 7. The van der Waals surface area contributed by atoms with Gasteiger partial charge >= 0.3 is 0 Å². The number of unbranched alkanes of at least 4 members (excludes halogenated alkanes) is 1. The topological polar surface area (TPSA) is 66.8 Å². The van der Waals surface area contributed by atoms with Crippen molar-refractivity contribution in [1.82, 2.24) is 4.90 Å². The van der Waals surface area contributed by atoms with E-state index in [1.807, 2.05) is 0 Å². The predicted octanol–water partition coefficient (Wildman–Crippen LogP) is 3.06. The SMILES string of the molecule is CCCCN(C)C(=O)C1CCCCC1(O)C(=O)c1ccc(OC)cc1. The molecule has 1 aliphatic rings. The van der Waals surface area contributed by atoms with Crippen LogP contribution in [0.1, 0.15) is 55.8 Å². The van der Waals surface area contributed by atoms with Crippen molar-refractivity contribution in [2.24, 2.45) is 5.92 Å². The molecule has 0 aromatic heterocycles. The maximum atomic E-state index is 13.0. The van der Waals surface area contributed by atoms with E-state index in [0.29, 0.717) is 30.7 Å². The molecule has 5 heteroatoms. The summed E-state index contributed by atoms with van der Waals surface area (Å²) < 4.78 is 5.11. The highest BCUT2D eigenvalue weighted by atomic mass is 16.5. The Bertz CT molecular complexity index is 598. The zero-order chi connectivity index (χ0) is 18.4. The highest BCUT2D eigenvalue weighted by Crippen LogP contribution is 2.37. The van der Waals surface area contributed by atoms with Crippen LogP contribution in [0.3, 0.4) is 0 Å². The molecule has 0 radical (unpaired) electrons. The van der Waals surface area contributed by atoms with Crippen molar-refractivity contribution in [3.63, 3.8) is 0 Å². The highest BCUT2D eigenvalue weighted by Gasteiger charge is 2.49. The average molecular weight is 347 g/mol. The summed E-state index contributed by atoms with van der Waals surface area (Å²) >= 11 is 0.